The molecule has 1 heterocycles. The van der Waals surface area contributed by atoms with Crippen molar-refractivity contribution in [2.24, 2.45) is 29.4 Å². The normalized spacial score (nSPS) is 33.4. The van der Waals surface area contributed by atoms with Crippen molar-refractivity contribution in [2.45, 2.75) is 43.9 Å². The first-order valence-corrected chi connectivity index (χ1v) is 13.7. The highest BCUT2D eigenvalue weighted by molar-refractivity contribution is 7.13. The van der Waals surface area contributed by atoms with E-state index in [1.54, 1.807) is 19.1 Å². The number of carbonyl (C=O) groups is 5. The number of ketones is 4. The summed E-state index contributed by atoms with van der Waals surface area (Å²) in [7, 11) is 2.90. The average Bonchev–Trinajstić information content (AvgIpc) is 3.34. The highest BCUT2D eigenvalue weighted by Gasteiger charge is 2.72. The number of nitrogens with zero attached hydrogens (tertiary/aromatic N) is 2. The molecule has 0 saturated heterocycles. The van der Waals surface area contributed by atoms with Crippen LogP contribution in [-0.4, -0.2) is 86.1 Å². The van der Waals surface area contributed by atoms with E-state index in [4.69, 9.17) is 5.73 Å². The Labute approximate surface area is 233 Å². The molecule has 8 unspecified atom stereocenters. The topological polar surface area (TPSA) is 200 Å². The monoisotopic (exact) mass is 570 g/mol. The number of phenolic OH excluding ortho intramolecular Hbond substituents is 1. The van der Waals surface area contributed by atoms with E-state index < -0.39 is 82.1 Å². The number of anilines is 2. The number of rotatable bonds is 5. The second-order valence-corrected chi connectivity index (χ2v) is 11.8. The summed E-state index contributed by atoms with van der Waals surface area (Å²) in [4.78, 5) is 72.4. The summed E-state index contributed by atoms with van der Waals surface area (Å²) in [5, 5.41) is 39.8. The van der Waals surface area contributed by atoms with Crippen LogP contribution in [0.2, 0.25) is 0 Å². The van der Waals surface area contributed by atoms with Crippen molar-refractivity contribution in [1.82, 2.24) is 9.88 Å². The van der Waals surface area contributed by atoms with Crippen LogP contribution in [0.5, 0.6) is 5.75 Å². The van der Waals surface area contributed by atoms with Gasteiger partial charge < -0.3 is 26.4 Å². The third-order valence-corrected chi connectivity index (χ3v) is 9.45. The number of benzene rings is 1. The lowest BCUT2D eigenvalue weighted by molar-refractivity contribution is -0.196. The van der Waals surface area contributed by atoms with Crippen LogP contribution < -0.4 is 11.1 Å². The molecule has 1 amide bonds. The molecule has 2 saturated carbocycles. The van der Waals surface area contributed by atoms with Crippen molar-refractivity contribution in [1.29, 1.82) is 0 Å². The average molecular weight is 571 g/mol. The van der Waals surface area contributed by atoms with Crippen LogP contribution in [0.4, 0.5) is 10.8 Å². The minimum Gasteiger partial charge on any atom is -0.505 e. The molecular weight excluding hydrogens is 540 g/mol. The quantitative estimate of drug-likeness (QED) is 0.242. The molecule has 13 heteroatoms. The smallest absolute Gasteiger partial charge is 0.235 e. The fourth-order valence-corrected chi connectivity index (χ4v) is 7.54. The number of hydrogen-bond donors (Lipinski definition) is 5. The number of thiazole rings is 1. The highest BCUT2D eigenvalue weighted by atomic mass is 32.1. The Balaban J connectivity index is 1.63. The lowest BCUT2D eigenvalue weighted by Crippen LogP contribution is -2.77. The van der Waals surface area contributed by atoms with Crippen LogP contribution in [0.15, 0.2) is 17.5 Å². The zero-order valence-electron chi connectivity index (χ0n) is 22.2. The van der Waals surface area contributed by atoms with E-state index in [0.717, 1.165) is 5.69 Å². The Kier molecular flexibility index (Phi) is 6.69. The van der Waals surface area contributed by atoms with Crippen molar-refractivity contribution >= 4 is 51.2 Å². The summed E-state index contributed by atoms with van der Waals surface area (Å²) < 4.78 is 0. The molecule has 1 aromatic heterocycles. The number of aryl methyl sites for hydroxylation is 1. The SMILES string of the molecule is CCc1csc(Nc2ccc3c(c2O)C(=O)C2C(=O)C4(O)C(=O)C(C(N)=O)C(=O)C(N(C)C)C4C(O)C2C3C)n1. The number of carbonyl (C=O) groups excluding carboxylic acids is 5. The van der Waals surface area contributed by atoms with E-state index in [2.05, 4.69) is 10.3 Å². The van der Waals surface area contributed by atoms with E-state index >= 15 is 0 Å². The van der Waals surface area contributed by atoms with Crippen LogP contribution in [-0.2, 0) is 25.6 Å². The van der Waals surface area contributed by atoms with E-state index in [0.29, 0.717) is 17.1 Å². The number of aliphatic hydroxyl groups excluding tert-OH is 1. The van der Waals surface area contributed by atoms with Gasteiger partial charge in [-0.15, -0.1) is 11.3 Å². The number of phenols is 1. The van der Waals surface area contributed by atoms with Crippen molar-refractivity contribution in [3.05, 3.63) is 34.3 Å². The second-order valence-electron chi connectivity index (χ2n) is 10.9. The van der Waals surface area contributed by atoms with Gasteiger partial charge in [0.15, 0.2) is 39.8 Å². The Morgan fingerprint density at radius 2 is 1.88 bits per heavy atom. The van der Waals surface area contributed by atoms with Gasteiger partial charge in [-0.05, 0) is 38.1 Å². The summed E-state index contributed by atoms with van der Waals surface area (Å²) >= 11 is 1.31. The highest BCUT2D eigenvalue weighted by Crippen LogP contribution is 2.55. The van der Waals surface area contributed by atoms with Crippen molar-refractivity contribution < 1.29 is 39.3 Å². The summed E-state index contributed by atoms with van der Waals surface area (Å²) in [6.45, 7) is 3.60. The van der Waals surface area contributed by atoms with Crippen LogP contribution in [0.1, 0.15) is 41.4 Å². The van der Waals surface area contributed by atoms with Crippen molar-refractivity contribution in [3.8, 4) is 5.75 Å². The number of Topliss-reactive ketones (excluding diaryl/α,β-unsaturated/α-hetero) is 4. The number of aliphatic hydroxyl groups is 2. The van der Waals surface area contributed by atoms with Gasteiger partial charge in [0.2, 0.25) is 5.91 Å². The van der Waals surface area contributed by atoms with Crippen LogP contribution >= 0.6 is 11.3 Å². The summed E-state index contributed by atoms with van der Waals surface area (Å²) in [6, 6.07) is 1.76. The number of nitrogens with one attached hydrogen (secondary N) is 1. The number of primary amides is 1. The zero-order valence-corrected chi connectivity index (χ0v) is 23.1. The molecule has 6 N–H and O–H groups in total. The molecule has 2 aromatic rings. The van der Waals surface area contributed by atoms with Gasteiger partial charge >= 0.3 is 0 Å². The summed E-state index contributed by atoms with van der Waals surface area (Å²) in [5.41, 5.74) is 3.49. The number of fused-ring (bicyclic) bond motifs is 3. The minimum atomic E-state index is -3.03. The maximum absolute atomic E-state index is 14.0. The predicted octanol–water partition coefficient (Wildman–Crippen LogP) is 0.161. The lowest BCUT2D eigenvalue weighted by atomic mass is 9.49. The zero-order chi connectivity index (χ0) is 29.4. The molecule has 1 aromatic carbocycles. The van der Waals surface area contributed by atoms with Gasteiger partial charge in [0.1, 0.15) is 5.75 Å². The van der Waals surface area contributed by atoms with Gasteiger partial charge in [-0.2, -0.15) is 0 Å². The number of nitrogens with two attached hydrogens (primary N) is 1. The van der Waals surface area contributed by atoms with E-state index in [-0.39, 0.29) is 11.3 Å². The molecule has 40 heavy (non-hydrogen) atoms. The first kappa shape index (κ1) is 28.0. The maximum atomic E-state index is 14.0. The molecule has 8 atom stereocenters. The Morgan fingerprint density at radius 3 is 2.45 bits per heavy atom. The van der Waals surface area contributed by atoms with Crippen LogP contribution in [0.25, 0.3) is 0 Å². The number of hydrogen-bond acceptors (Lipinski definition) is 12. The number of amides is 1. The number of likely N-dealkylation sites (N-methyl/N-ethyl adjacent to an activating group) is 1. The first-order chi connectivity index (χ1) is 18.8. The molecule has 0 bridgehead atoms. The molecule has 0 spiro atoms. The van der Waals surface area contributed by atoms with E-state index in [1.165, 1.54) is 30.3 Å². The van der Waals surface area contributed by atoms with Gasteiger partial charge in [-0.3, -0.25) is 28.9 Å². The van der Waals surface area contributed by atoms with Gasteiger partial charge in [0.05, 0.1) is 40.9 Å². The molecule has 0 aliphatic heterocycles. The fraction of sp³-hybridized carbons (Fsp3) is 0.481. The number of aromatic nitrogens is 1. The third-order valence-electron chi connectivity index (χ3n) is 8.65. The van der Waals surface area contributed by atoms with E-state index in [9.17, 15) is 39.3 Å². The maximum Gasteiger partial charge on any atom is 0.235 e. The molecule has 3 aliphatic rings. The minimum absolute atomic E-state index is 0.163. The largest absolute Gasteiger partial charge is 0.505 e. The Morgan fingerprint density at radius 1 is 1.20 bits per heavy atom. The van der Waals surface area contributed by atoms with E-state index in [1.807, 2.05) is 12.3 Å². The molecule has 2 fully saturated rings. The van der Waals surface area contributed by atoms with Crippen LogP contribution in [0.3, 0.4) is 0 Å². The molecule has 0 radical (unpaired) electrons. The molecule has 5 rings (SSSR count). The Bertz CT molecular complexity index is 1470. The molecule has 212 valence electrons. The van der Waals surface area contributed by atoms with Gasteiger partial charge in [-0.1, -0.05) is 19.9 Å². The molecule has 3 aliphatic carbocycles. The van der Waals surface area contributed by atoms with Crippen molar-refractivity contribution in [3.63, 3.8) is 0 Å². The molecular formula is C27H30N4O8S. The van der Waals surface area contributed by atoms with Gasteiger partial charge in [-0.25, -0.2) is 4.98 Å². The predicted molar refractivity (Wildman–Crippen MR) is 142 cm³/mol. The van der Waals surface area contributed by atoms with Gasteiger partial charge in [0.25, 0.3) is 0 Å². The van der Waals surface area contributed by atoms with Gasteiger partial charge in [0, 0.05) is 11.3 Å². The lowest BCUT2D eigenvalue weighted by Gasteiger charge is -2.56. The van der Waals surface area contributed by atoms with Crippen LogP contribution in [0, 0.1) is 23.7 Å². The van der Waals surface area contributed by atoms with Crippen molar-refractivity contribution in [2.75, 3.05) is 19.4 Å². The second kappa shape index (κ2) is 9.54. The summed E-state index contributed by atoms with van der Waals surface area (Å²) in [6.07, 6.45) is -0.964. The summed E-state index contributed by atoms with van der Waals surface area (Å²) in [5.74, 6) is -13.6. The number of aromatic hydroxyl groups is 1. The third kappa shape index (κ3) is 3.68. The first-order valence-electron chi connectivity index (χ1n) is 12.9. The fourth-order valence-electron chi connectivity index (χ4n) is 6.73. The standard InChI is InChI=1S/C27H30N4O8S/c1-5-10-8-40-26(29-10)30-12-7-6-11-9(2)13-15(20(33)14(11)19(12)32)23(36)27(39)17(21(13)34)18(31(3)4)22(35)16(24(27)37)25(28)38/h6-9,13,15-18,21,32,34,39H,5H2,1-4H3,(H2,28,38)(H,29,30). The molecule has 12 nitrogen and oxygen atoms in total. The Hall–Kier alpha value is -3.52.